The minimum atomic E-state index is -0.281. The SMILES string of the molecule is CC1=C(C)C(=O)c2c(ccc3c2C[C@H]2C(C)(C)CCC[C@]2(C)[C@H]3C2OCCO2)C1=O. The van der Waals surface area contributed by atoms with Gasteiger partial charge in [0.15, 0.2) is 17.9 Å². The van der Waals surface area contributed by atoms with Crippen molar-refractivity contribution >= 4 is 11.6 Å². The molecule has 3 atom stereocenters. The number of carbonyl (C=O) groups is 2. The van der Waals surface area contributed by atoms with Crippen LogP contribution in [0, 0.1) is 16.7 Å². The molecule has 0 unspecified atom stereocenters. The molecular weight excluding hydrogens is 376 g/mol. The maximum absolute atomic E-state index is 13.4. The molecule has 0 bridgehead atoms. The molecule has 30 heavy (non-hydrogen) atoms. The number of hydrogen-bond acceptors (Lipinski definition) is 4. The fourth-order valence-corrected chi connectivity index (χ4v) is 6.99. The van der Waals surface area contributed by atoms with Gasteiger partial charge in [0, 0.05) is 28.2 Å². The number of fused-ring (bicyclic) bond motifs is 4. The largest absolute Gasteiger partial charge is 0.350 e. The number of carbonyl (C=O) groups excluding carboxylic acids is 2. The molecule has 1 heterocycles. The Morgan fingerprint density at radius 1 is 0.933 bits per heavy atom. The maximum Gasteiger partial charge on any atom is 0.190 e. The van der Waals surface area contributed by atoms with E-state index in [-0.39, 0.29) is 34.6 Å². The lowest BCUT2D eigenvalue weighted by atomic mass is 9.47. The van der Waals surface area contributed by atoms with E-state index in [1.165, 1.54) is 12.8 Å². The summed E-state index contributed by atoms with van der Waals surface area (Å²) in [6, 6.07) is 3.97. The highest BCUT2D eigenvalue weighted by atomic mass is 16.7. The van der Waals surface area contributed by atoms with Gasteiger partial charge in [0.05, 0.1) is 13.2 Å². The van der Waals surface area contributed by atoms with Crippen molar-refractivity contribution in [1.29, 1.82) is 0 Å². The van der Waals surface area contributed by atoms with Gasteiger partial charge < -0.3 is 9.47 Å². The maximum atomic E-state index is 13.4. The second kappa shape index (κ2) is 6.61. The van der Waals surface area contributed by atoms with Gasteiger partial charge in [-0.25, -0.2) is 0 Å². The number of ketones is 2. The average molecular weight is 409 g/mol. The zero-order chi connectivity index (χ0) is 21.4. The van der Waals surface area contributed by atoms with E-state index in [0.717, 1.165) is 24.0 Å². The molecule has 1 aromatic rings. The van der Waals surface area contributed by atoms with Crippen molar-refractivity contribution in [2.75, 3.05) is 13.2 Å². The molecule has 0 N–H and O–H groups in total. The Morgan fingerprint density at radius 3 is 2.30 bits per heavy atom. The number of benzene rings is 1. The Balaban J connectivity index is 1.76. The molecule has 3 aliphatic carbocycles. The van der Waals surface area contributed by atoms with Crippen molar-refractivity contribution in [1.82, 2.24) is 0 Å². The molecule has 1 aliphatic heterocycles. The second-order valence-electron chi connectivity index (χ2n) is 10.7. The number of ether oxygens (including phenoxy) is 2. The molecule has 1 saturated heterocycles. The first kappa shape index (κ1) is 20.1. The molecule has 0 aromatic heterocycles. The van der Waals surface area contributed by atoms with Gasteiger partial charge in [-0.15, -0.1) is 0 Å². The van der Waals surface area contributed by atoms with Crippen LogP contribution >= 0.6 is 0 Å². The van der Waals surface area contributed by atoms with Crippen LogP contribution in [0.25, 0.3) is 0 Å². The molecule has 160 valence electrons. The summed E-state index contributed by atoms with van der Waals surface area (Å²) >= 11 is 0. The average Bonchev–Trinajstić information content (AvgIpc) is 3.22. The van der Waals surface area contributed by atoms with Crippen molar-refractivity contribution in [2.24, 2.45) is 16.7 Å². The number of Topliss-reactive ketones (excluding diaryl/α,β-unsaturated/α-hetero) is 2. The van der Waals surface area contributed by atoms with Crippen molar-refractivity contribution in [2.45, 2.75) is 72.5 Å². The second-order valence-corrected chi connectivity index (χ2v) is 10.7. The monoisotopic (exact) mass is 408 g/mol. The van der Waals surface area contributed by atoms with Crippen molar-refractivity contribution in [3.63, 3.8) is 0 Å². The Hall–Kier alpha value is -1.78. The highest BCUT2D eigenvalue weighted by molar-refractivity contribution is 6.27. The molecule has 4 aliphatic rings. The molecular formula is C26H32O4. The normalized spacial score (nSPS) is 33.4. The fourth-order valence-electron chi connectivity index (χ4n) is 6.99. The minimum Gasteiger partial charge on any atom is -0.350 e. The molecule has 4 nitrogen and oxygen atoms in total. The first-order valence-electron chi connectivity index (χ1n) is 11.3. The molecule has 0 amide bonds. The Bertz CT molecular complexity index is 979. The zero-order valence-electron chi connectivity index (χ0n) is 18.8. The number of allylic oxidation sites excluding steroid dienone is 2. The molecule has 1 aromatic carbocycles. The third-order valence-corrected chi connectivity index (χ3v) is 8.71. The summed E-state index contributed by atoms with van der Waals surface area (Å²) in [4.78, 5) is 26.4. The highest BCUT2D eigenvalue weighted by Gasteiger charge is 2.57. The van der Waals surface area contributed by atoms with E-state index >= 15 is 0 Å². The smallest absolute Gasteiger partial charge is 0.190 e. The van der Waals surface area contributed by atoms with Crippen LogP contribution in [-0.2, 0) is 15.9 Å². The summed E-state index contributed by atoms with van der Waals surface area (Å²) < 4.78 is 12.2. The first-order chi connectivity index (χ1) is 14.2. The van der Waals surface area contributed by atoms with Crippen LogP contribution in [0.4, 0.5) is 0 Å². The van der Waals surface area contributed by atoms with Crippen molar-refractivity contribution in [3.8, 4) is 0 Å². The number of rotatable bonds is 1. The van der Waals surface area contributed by atoms with E-state index in [4.69, 9.17) is 9.47 Å². The summed E-state index contributed by atoms with van der Waals surface area (Å²) in [5.74, 6) is 0.494. The van der Waals surface area contributed by atoms with E-state index in [1.807, 2.05) is 6.07 Å². The van der Waals surface area contributed by atoms with E-state index in [9.17, 15) is 9.59 Å². The Labute approximate surface area is 179 Å². The van der Waals surface area contributed by atoms with Gasteiger partial charge in [0.25, 0.3) is 0 Å². The molecule has 0 radical (unpaired) electrons. The Kier molecular flexibility index (Phi) is 4.44. The van der Waals surface area contributed by atoms with Gasteiger partial charge in [0.2, 0.25) is 0 Å². The standard InChI is InChI=1S/C26H32O4/c1-14-15(2)23(28)20-17(22(14)27)8-7-16-18(20)13-19-25(3,4)9-6-10-26(19,5)21(16)24-29-11-12-30-24/h7-8,19,21,24H,6,9-13H2,1-5H3/t19-,21+,26-/m0/s1. The third-order valence-electron chi connectivity index (χ3n) is 8.71. The third kappa shape index (κ3) is 2.59. The van der Waals surface area contributed by atoms with Crippen LogP contribution in [0.3, 0.4) is 0 Å². The van der Waals surface area contributed by atoms with Gasteiger partial charge >= 0.3 is 0 Å². The van der Waals surface area contributed by atoms with E-state index in [0.29, 0.717) is 41.4 Å². The van der Waals surface area contributed by atoms with E-state index in [1.54, 1.807) is 13.8 Å². The lowest BCUT2D eigenvalue weighted by Crippen LogP contribution is -2.52. The van der Waals surface area contributed by atoms with Crippen molar-refractivity contribution < 1.29 is 19.1 Å². The summed E-state index contributed by atoms with van der Waals surface area (Å²) in [5.41, 5.74) is 4.81. The molecule has 2 fully saturated rings. The summed E-state index contributed by atoms with van der Waals surface area (Å²) in [5, 5.41) is 0. The van der Waals surface area contributed by atoms with E-state index < -0.39 is 0 Å². The molecule has 0 spiro atoms. The van der Waals surface area contributed by atoms with Crippen LogP contribution in [0.5, 0.6) is 0 Å². The van der Waals surface area contributed by atoms with Gasteiger partial charge in [-0.3, -0.25) is 9.59 Å². The summed E-state index contributed by atoms with van der Waals surface area (Å²) in [7, 11) is 0. The van der Waals surface area contributed by atoms with Crippen LogP contribution < -0.4 is 0 Å². The zero-order valence-corrected chi connectivity index (χ0v) is 18.8. The van der Waals surface area contributed by atoms with Crippen LogP contribution in [-0.4, -0.2) is 31.1 Å². The lowest BCUT2D eigenvalue weighted by Gasteiger charge is -2.58. The fraction of sp³-hybridized carbons (Fsp3) is 0.615. The lowest BCUT2D eigenvalue weighted by molar-refractivity contribution is -0.132. The molecule has 1 saturated carbocycles. The quantitative estimate of drug-likeness (QED) is 0.637. The number of hydrogen-bond donors (Lipinski definition) is 0. The predicted octanol–water partition coefficient (Wildman–Crippen LogP) is 5.25. The van der Waals surface area contributed by atoms with Crippen LogP contribution in [0.15, 0.2) is 23.3 Å². The van der Waals surface area contributed by atoms with Gasteiger partial charge in [-0.2, -0.15) is 0 Å². The molecule has 5 rings (SSSR count). The van der Waals surface area contributed by atoms with Gasteiger partial charge in [-0.05, 0) is 67.1 Å². The van der Waals surface area contributed by atoms with Gasteiger partial charge in [0.1, 0.15) is 0 Å². The predicted molar refractivity (Wildman–Crippen MR) is 115 cm³/mol. The summed E-state index contributed by atoms with van der Waals surface area (Å²) in [6.07, 6.45) is 4.08. The van der Waals surface area contributed by atoms with Crippen LogP contribution in [0.1, 0.15) is 91.6 Å². The highest BCUT2D eigenvalue weighted by Crippen LogP contribution is 2.63. The van der Waals surface area contributed by atoms with E-state index in [2.05, 4.69) is 26.8 Å². The van der Waals surface area contributed by atoms with Crippen LogP contribution in [0.2, 0.25) is 0 Å². The minimum absolute atomic E-state index is 0.00828. The molecule has 4 heteroatoms. The summed E-state index contributed by atoms with van der Waals surface area (Å²) in [6.45, 7) is 11.9. The first-order valence-corrected chi connectivity index (χ1v) is 11.3. The van der Waals surface area contributed by atoms with Crippen molar-refractivity contribution in [3.05, 3.63) is 45.5 Å². The Morgan fingerprint density at radius 2 is 1.60 bits per heavy atom. The van der Waals surface area contributed by atoms with Gasteiger partial charge in [-0.1, -0.05) is 33.3 Å². The topological polar surface area (TPSA) is 52.6 Å².